The summed E-state index contributed by atoms with van der Waals surface area (Å²) >= 11 is 3.38. The third-order valence-corrected chi connectivity index (χ3v) is 4.46. The molecule has 1 atom stereocenters. The van der Waals surface area contributed by atoms with Crippen LogP contribution in [-0.4, -0.2) is 49.5 Å². The van der Waals surface area contributed by atoms with E-state index in [0.29, 0.717) is 39.2 Å². The summed E-state index contributed by atoms with van der Waals surface area (Å²) in [5, 5.41) is 2.80. The fraction of sp³-hybridized carbons (Fsp3) is 0.529. The molecular formula is C17H24BrN3O3. The van der Waals surface area contributed by atoms with Crippen LogP contribution in [0.3, 0.4) is 0 Å². The van der Waals surface area contributed by atoms with Crippen molar-refractivity contribution in [3.63, 3.8) is 0 Å². The first kappa shape index (κ1) is 18.7. The second-order valence-corrected chi connectivity index (χ2v) is 6.73. The van der Waals surface area contributed by atoms with E-state index in [9.17, 15) is 9.59 Å². The molecule has 0 radical (unpaired) electrons. The fourth-order valence-electron chi connectivity index (χ4n) is 2.73. The van der Waals surface area contributed by atoms with E-state index in [-0.39, 0.29) is 17.7 Å². The van der Waals surface area contributed by atoms with Gasteiger partial charge in [0.1, 0.15) is 5.75 Å². The van der Waals surface area contributed by atoms with Crippen LogP contribution >= 0.6 is 15.9 Å². The SMILES string of the molecule is NCCNC(=O)C1CCCN(C(=O)CCOc2cccc(Br)c2)C1. The van der Waals surface area contributed by atoms with Crippen molar-refractivity contribution in [2.75, 3.05) is 32.8 Å². The summed E-state index contributed by atoms with van der Waals surface area (Å²) in [4.78, 5) is 26.1. The van der Waals surface area contributed by atoms with Gasteiger partial charge in [-0.3, -0.25) is 9.59 Å². The number of nitrogens with two attached hydrogens (primary N) is 1. The zero-order valence-corrected chi connectivity index (χ0v) is 15.3. The first-order valence-electron chi connectivity index (χ1n) is 8.24. The average molecular weight is 398 g/mol. The van der Waals surface area contributed by atoms with Gasteiger partial charge in [-0.1, -0.05) is 22.0 Å². The second kappa shape index (κ2) is 9.64. The maximum atomic E-state index is 12.3. The number of piperidine rings is 1. The van der Waals surface area contributed by atoms with E-state index in [1.54, 1.807) is 4.90 Å². The van der Waals surface area contributed by atoms with Crippen molar-refractivity contribution in [1.29, 1.82) is 0 Å². The van der Waals surface area contributed by atoms with Gasteiger partial charge in [-0.2, -0.15) is 0 Å². The normalized spacial score (nSPS) is 17.4. The second-order valence-electron chi connectivity index (χ2n) is 5.81. The van der Waals surface area contributed by atoms with Crippen molar-refractivity contribution in [2.24, 2.45) is 11.7 Å². The van der Waals surface area contributed by atoms with Crippen LogP contribution in [0.25, 0.3) is 0 Å². The van der Waals surface area contributed by atoms with E-state index in [0.717, 1.165) is 23.1 Å². The quantitative estimate of drug-likeness (QED) is 0.730. The van der Waals surface area contributed by atoms with Gasteiger partial charge in [-0.05, 0) is 31.0 Å². The molecule has 24 heavy (non-hydrogen) atoms. The lowest BCUT2D eigenvalue weighted by Crippen LogP contribution is -2.46. The molecule has 3 N–H and O–H groups in total. The molecule has 0 saturated carbocycles. The number of hydrogen-bond acceptors (Lipinski definition) is 4. The molecule has 2 amide bonds. The van der Waals surface area contributed by atoms with Crippen molar-refractivity contribution in [2.45, 2.75) is 19.3 Å². The highest BCUT2D eigenvalue weighted by molar-refractivity contribution is 9.10. The fourth-order valence-corrected chi connectivity index (χ4v) is 3.11. The Morgan fingerprint density at radius 1 is 1.42 bits per heavy atom. The van der Waals surface area contributed by atoms with Crippen LogP contribution in [0.2, 0.25) is 0 Å². The van der Waals surface area contributed by atoms with Crippen molar-refractivity contribution in [1.82, 2.24) is 10.2 Å². The number of nitrogens with zero attached hydrogens (tertiary/aromatic N) is 1. The smallest absolute Gasteiger partial charge is 0.226 e. The summed E-state index contributed by atoms with van der Waals surface area (Å²) in [6.45, 7) is 2.41. The molecule has 6 nitrogen and oxygen atoms in total. The molecule has 0 spiro atoms. The van der Waals surface area contributed by atoms with Crippen LogP contribution in [0.5, 0.6) is 5.75 Å². The lowest BCUT2D eigenvalue weighted by molar-refractivity contribution is -0.136. The lowest BCUT2D eigenvalue weighted by atomic mass is 9.97. The van der Waals surface area contributed by atoms with E-state index in [4.69, 9.17) is 10.5 Å². The predicted octanol–water partition coefficient (Wildman–Crippen LogP) is 1.53. The largest absolute Gasteiger partial charge is 0.493 e. The molecule has 1 aromatic carbocycles. The first-order valence-corrected chi connectivity index (χ1v) is 9.03. The highest BCUT2D eigenvalue weighted by Gasteiger charge is 2.27. The molecule has 0 bridgehead atoms. The number of hydrogen-bond donors (Lipinski definition) is 2. The maximum absolute atomic E-state index is 12.3. The van der Waals surface area contributed by atoms with Crippen molar-refractivity contribution >= 4 is 27.7 Å². The van der Waals surface area contributed by atoms with Crippen LogP contribution in [0, 0.1) is 5.92 Å². The Morgan fingerprint density at radius 3 is 3.00 bits per heavy atom. The van der Waals surface area contributed by atoms with E-state index >= 15 is 0 Å². The van der Waals surface area contributed by atoms with E-state index < -0.39 is 0 Å². The van der Waals surface area contributed by atoms with Crippen LogP contribution in [0.1, 0.15) is 19.3 Å². The number of ether oxygens (including phenoxy) is 1. The van der Waals surface area contributed by atoms with Crippen LogP contribution in [0.4, 0.5) is 0 Å². The zero-order valence-electron chi connectivity index (χ0n) is 13.7. The minimum Gasteiger partial charge on any atom is -0.493 e. The third kappa shape index (κ3) is 5.79. The number of halogens is 1. The molecule has 1 aliphatic rings. The van der Waals surface area contributed by atoms with Gasteiger partial charge >= 0.3 is 0 Å². The number of benzene rings is 1. The molecule has 0 aromatic heterocycles. The van der Waals surface area contributed by atoms with Gasteiger partial charge < -0.3 is 20.7 Å². The highest BCUT2D eigenvalue weighted by Crippen LogP contribution is 2.19. The Balaban J connectivity index is 1.76. The number of carbonyl (C=O) groups excluding carboxylic acids is 2. The third-order valence-electron chi connectivity index (χ3n) is 3.97. The molecule has 1 saturated heterocycles. The average Bonchev–Trinajstić information content (AvgIpc) is 2.59. The van der Waals surface area contributed by atoms with Crippen molar-refractivity contribution in [3.8, 4) is 5.75 Å². The van der Waals surface area contributed by atoms with Gasteiger partial charge in [0.05, 0.1) is 18.9 Å². The molecule has 132 valence electrons. The molecule has 1 aromatic rings. The van der Waals surface area contributed by atoms with Crippen molar-refractivity contribution < 1.29 is 14.3 Å². The van der Waals surface area contributed by atoms with Crippen molar-refractivity contribution in [3.05, 3.63) is 28.7 Å². The summed E-state index contributed by atoms with van der Waals surface area (Å²) in [7, 11) is 0. The monoisotopic (exact) mass is 397 g/mol. The Morgan fingerprint density at radius 2 is 2.25 bits per heavy atom. The highest BCUT2D eigenvalue weighted by atomic mass is 79.9. The summed E-state index contributed by atoms with van der Waals surface area (Å²) in [6, 6.07) is 7.52. The van der Waals surface area contributed by atoms with Crippen LogP contribution < -0.4 is 15.8 Å². The summed E-state index contributed by atoms with van der Waals surface area (Å²) in [5.41, 5.74) is 5.40. The molecule has 1 unspecified atom stereocenters. The molecule has 0 aliphatic carbocycles. The zero-order chi connectivity index (χ0) is 17.4. The van der Waals surface area contributed by atoms with E-state index in [1.807, 2.05) is 24.3 Å². The maximum Gasteiger partial charge on any atom is 0.226 e. The summed E-state index contributed by atoms with van der Waals surface area (Å²) < 4.78 is 6.54. The van der Waals surface area contributed by atoms with Gasteiger partial charge in [0, 0.05) is 30.7 Å². The standard InChI is InChI=1S/C17H24BrN3O3/c18-14-4-1-5-15(11-14)24-10-6-16(22)21-9-2-3-13(12-21)17(23)20-8-7-19/h1,4-5,11,13H,2-3,6-10,12,19H2,(H,20,23). The molecular weight excluding hydrogens is 374 g/mol. The molecule has 1 fully saturated rings. The molecule has 2 rings (SSSR count). The Labute approximate surface area is 150 Å². The molecule has 1 heterocycles. The lowest BCUT2D eigenvalue weighted by Gasteiger charge is -2.32. The van der Waals surface area contributed by atoms with Gasteiger partial charge in [0.15, 0.2) is 0 Å². The Hall–Kier alpha value is -1.60. The number of carbonyl (C=O) groups is 2. The Bertz CT molecular complexity index is 568. The number of rotatable bonds is 7. The minimum atomic E-state index is -0.139. The van der Waals surface area contributed by atoms with Crippen LogP contribution in [-0.2, 0) is 9.59 Å². The van der Waals surface area contributed by atoms with E-state index in [1.165, 1.54) is 0 Å². The summed E-state index contributed by atoms with van der Waals surface area (Å²) in [6.07, 6.45) is 1.97. The Kier molecular flexibility index (Phi) is 7.52. The topological polar surface area (TPSA) is 84.7 Å². The molecule has 7 heteroatoms. The van der Waals surface area contributed by atoms with Gasteiger partial charge in [-0.15, -0.1) is 0 Å². The van der Waals surface area contributed by atoms with Gasteiger partial charge in [-0.25, -0.2) is 0 Å². The minimum absolute atomic E-state index is 0.0108. The van der Waals surface area contributed by atoms with Gasteiger partial charge in [0.25, 0.3) is 0 Å². The van der Waals surface area contributed by atoms with E-state index in [2.05, 4.69) is 21.2 Å². The number of amides is 2. The molecule has 1 aliphatic heterocycles. The number of likely N-dealkylation sites (tertiary alicyclic amines) is 1. The summed E-state index contributed by atoms with van der Waals surface area (Å²) in [5.74, 6) is 0.611. The number of nitrogens with one attached hydrogen (secondary N) is 1. The van der Waals surface area contributed by atoms with Gasteiger partial charge in [0.2, 0.25) is 11.8 Å². The van der Waals surface area contributed by atoms with Crippen LogP contribution in [0.15, 0.2) is 28.7 Å². The first-order chi connectivity index (χ1) is 11.6. The predicted molar refractivity (Wildman–Crippen MR) is 95.6 cm³/mol.